The predicted molar refractivity (Wildman–Crippen MR) is 102 cm³/mol. The third-order valence-corrected chi connectivity index (χ3v) is 6.20. The average Bonchev–Trinajstić information content (AvgIpc) is 3.38. The van der Waals surface area contributed by atoms with Crippen molar-refractivity contribution in [2.24, 2.45) is 5.92 Å². The average molecular weight is 344 g/mol. The van der Waals surface area contributed by atoms with E-state index < -0.39 is 0 Å². The van der Waals surface area contributed by atoms with Gasteiger partial charge < -0.3 is 9.64 Å². The summed E-state index contributed by atoms with van der Waals surface area (Å²) in [5.41, 5.74) is 1.65. The highest BCUT2D eigenvalue weighted by molar-refractivity contribution is 5.27. The Kier molecular flexibility index (Phi) is 4.78. The molecule has 1 unspecified atom stereocenters. The maximum atomic E-state index is 5.29. The molecule has 4 rings (SSSR count). The second-order valence-corrected chi connectivity index (χ2v) is 8.88. The molecule has 4 heteroatoms. The minimum Gasteiger partial charge on any atom is -0.497 e. The number of fused-ring (bicyclic) bond motifs is 1. The van der Waals surface area contributed by atoms with Crippen molar-refractivity contribution in [3.05, 3.63) is 29.8 Å². The van der Waals surface area contributed by atoms with Crippen LogP contribution in [-0.2, 0) is 6.54 Å². The van der Waals surface area contributed by atoms with Crippen molar-refractivity contribution in [2.45, 2.75) is 44.8 Å². The zero-order valence-electron chi connectivity index (χ0n) is 16.1. The number of methoxy groups -OCH3 is 1. The summed E-state index contributed by atoms with van der Waals surface area (Å²) in [4.78, 5) is 8.16. The lowest BCUT2D eigenvalue weighted by Crippen LogP contribution is -2.69. The van der Waals surface area contributed by atoms with E-state index in [1.807, 2.05) is 0 Å². The van der Waals surface area contributed by atoms with Crippen LogP contribution in [-0.4, -0.2) is 72.7 Å². The van der Waals surface area contributed by atoms with E-state index in [1.54, 1.807) is 7.11 Å². The summed E-state index contributed by atoms with van der Waals surface area (Å²) >= 11 is 0. The SMILES string of the molecule is COc1ccc(CN2CC3CN(CC4CC4)CCN3C(C)(C)C2)cc1. The molecule has 0 bridgehead atoms. The molecule has 2 heterocycles. The van der Waals surface area contributed by atoms with Crippen LogP contribution in [0.3, 0.4) is 0 Å². The second-order valence-electron chi connectivity index (χ2n) is 8.88. The lowest BCUT2D eigenvalue weighted by molar-refractivity contribution is -0.0675. The molecule has 2 aliphatic heterocycles. The van der Waals surface area contributed by atoms with E-state index in [1.165, 1.54) is 51.1 Å². The molecule has 25 heavy (non-hydrogen) atoms. The van der Waals surface area contributed by atoms with E-state index in [4.69, 9.17) is 4.74 Å². The largest absolute Gasteiger partial charge is 0.497 e. The van der Waals surface area contributed by atoms with Crippen molar-refractivity contribution in [2.75, 3.05) is 46.4 Å². The summed E-state index contributed by atoms with van der Waals surface area (Å²) in [6.07, 6.45) is 2.92. The number of benzene rings is 1. The van der Waals surface area contributed by atoms with Crippen LogP contribution in [0, 0.1) is 5.92 Å². The minimum absolute atomic E-state index is 0.265. The van der Waals surface area contributed by atoms with E-state index >= 15 is 0 Å². The van der Waals surface area contributed by atoms with E-state index in [-0.39, 0.29) is 5.54 Å². The molecule has 1 atom stereocenters. The number of ether oxygens (including phenoxy) is 1. The molecule has 0 amide bonds. The van der Waals surface area contributed by atoms with Crippen LogP contribution in [0.2, 0.25) is 0 Å². The lowest BCUT2D eigenvalue weighted by Gasteiger charge is -2.55. The Morgan fingerprint density at radius 3 is 2.44 bits per heavy atom. The standard InChI is InChI=1S/C21H33N3O/c1-21(2)16-23(13-18-6-8-20(25-3)9-7-18)15-19-14-22(10-11-24(19)21)12-17-4-5-17/h6-9,17,19H,4-5,10-16H2,1-3H3. The number of hydrogen-bond acceptors (Lipinski definition) is 4. The molecule has 4 nitrogen and oxygen atoms in total. The Bertz CT molecular complexity index is 581. The molecule has 1 aromatic carbocycles. The summed E-state index contributed by atoms with van der Waals surface area (Å²) in [7, 11) is 1.73. The third kappa shape index (κ3) is 4.02. The van der Waals surface area contributed by atoms with Crippen molar-refractivity contribution in [3.63, 3.8) is 0 Å². The molecular weight excluding hydrogens is 310 g/mol. The van der Waals surface area contributed by atoms with Gasteiger partial charge in [0.1, 0.15) is 5.75 Å². The number of rotatable bonds is 5. The number of nitrogens with zero attached hydrogens (tertiary/aromatic N) is 3. The fourth-order valence-electron chi connectivity index (χ4n) is 4.81. The quantitative estimate of drug-likeness (QED) is 0.818. The molecule has 1 saturated carbocycles. The predicted octanol–water partition coefficient (Wildman–Crippen LogP) is 2.69. The van der Waals surface area contributed by atoms with Gasteiger partial charge in [0.2, 0.25) is 0 Å². The van der Waals surface area contributed by atoms with E-state index in [2.05, 4.69) is 52.8 Å². The van der Waals surface area contributed by atoms with Gasteiger partial charge in [0.25, 0.3) is 0 Å². The fourth-order valence-corrected chi connectivity index (χ4v) is 4.81. The van der Waals surface area contributed by atoms with Gasteiger partial charge in [0.05, 0.1) is 7.11 Å². The van der Waals surface area contributed by atoms with Gasteiger partial charge >= 0.3 is 0 Å². The van der Waals surface area contributed by atoms with Crippen molar-refractivity contribution in [1.82, 2.24) is 14.7 Å². The zero-order valence-corrected chi connectivity index (χ0v) is 16.1. The molecule has 0 aromatic heterocycles. The number of piperazine rings is 2. The maximum Gasteiger partial charge on any atom is 0.118 e. The first kappa shape index (κ1) is 17.3. The van der Waals surface area contributed by atoms with Crippen molar-refractivity contribution >= 4 is 0 Å². The zero-order chi connectivity index (χ0) is 17.4. The summed E-state index contributed by atoms with van der Waals surface area (Å²) in [5, 5.41) is 0. The highest BCUT2D eigenvalue weighted by Gasteiger charge is 2.42. The van der Waals surface area contributed by atoms with Gasteiger partial charge in [-0.05, 0) is 50.3 Å². The number of hydrogen-bond donors (Lipinski definition) is 0. The van der Waals surface area contributed by atoms with Gasteiger partial charge in [0, 0.05) is 57.4 Å². The van der Waals surface area contributed by atoms with Crippen molar-refractivity contribution in [1.29, 1.82) is 0 Å². The Balaban J connectivity index is 1.41. The molecular formula is C21H33N3O. The minimum atomic E-state index is 0.265. The Morgan fingerprint density at radius 2 is 1.76 bits per heavy atom. The van der Waals surface area contributed by atoms with Gasteiger partial charge in [0.15, 0.2) is 0 Å². The molecule has 1 aromatic rings. The molecule has 3 fully saturated rings. The summed E-state index contributed by atoms with van der Waals surface area (Å²) < 4.78 is 5.29. The second kappa shape index (κ2) is 6.90. The van der Waals surface area contributed by atoms with Gasteiger partial charge in [-0.1, -0.05) is 12.1 Å². The first-order valence-electron chi connectivity index (χ1n) is 9.88. The first-order valence-corrected chi connectivity index (χ1v) is 9.88. The highest BCUT2D eigenvalue weighted by Crippen LogP contribution is 2.33. The summed E-state index contributed by atoms with van der Waals surface area (Å²) in [6, 6.07) is 9.25. The highest BCUT2D eigenvalue weighted by atomic mass is 16.5. The summed E-state index contributed by atoms with van der Waals surface area (Å²) in [5.74, 6) is 1.94. The van der Waals surface area contributed by atoms with Crippen LogP contribution in [0.1, 0.15) is 32.3 Å². The molecule has 138 valence electrons. The molecule has 2 saturated heterocycles. The van der Waals surface area contributed by atoms with Crippen LogP contribution in [0.15, 0.2) is 24.3 Å². The fraction of sp³-hybridized carbons (Fsp3) is 0.714. The molecule has 0 N–H and O–H groups in total. The Morgan fingerprint density at radius 1 is 1.04 bits per heavy atom. The smallest absolute Gasteiger partial charge is 0.118 e. The Hall–Kier alpha value is -1.10. The molecule has 0 radical (unpaired) electrons. The third-order valence-electron chi connectivity index (χ3n) is 6.20. The van der Waals surface area contributed by atoms with E-state index in [9.17, 15) is 0 Å². The van der Waals surface area contributed by atoms with E-state index in [0.717, 1.165) is 24.8 Å². The van der Waals surface area contributed by atoms with Crippen molar-refractivity contribution in [3.8, 4) is 5.75 Å². The van der Waals surface area contributed by atoms with Gasteiger partial charge in [-0.25, -0.2) is 0 Å². The van der Waals surface area contributed by atoms with Crippen LogP contribution >= 0.6 is 0 Å². The van der Waals surface area contributed by atoms with Gasteiger partial charge in [-0.3, -0.25) is 9.80 Å². The van der Waals surface area contributed by atoms with E-state index in [0.29, 0.717) is 6.04 Å². The lowest BCUT2D eigenvalue weighted by atomic mass is 9.92. The van der Waals surface area contributed by atoms with Crippen LogP contribution in [0.4, 0.5) is 0 Å². The summed E-state index contributed by atoms with van der Waals surface area (Å²) in [6.45, 7) is 13.3. The van der Waals surface area contributed by atoms with Crippen molar-refractivity contribution < 1.29 is 4.74 Å². The van der Waals surface area contributed by atoms with Crippen LogP contribution in [0.5, 0.6) is 5.75 Å². The molecule has 1 aliphatic carbocycles. The van der Waals surface area contributed by atoms with Crippen LogP contribution in [0.25, 0.3) is 0 Å². The monoisotopic (exact) mass is 343 g/mol. The Labute approximate surface area is 152 Å². The van der Waals surface area contributed by atoms with Gasteiger partial charge in [-0.15, -0.1) is 0 Å². The normalized spacial score (nSPS) is 27.9. The molecule has 0 spiro atoms. The van der Waals surface area contributed by atoms with Crippen LogP contribution < -0.4 is 4.74 Å². The topological polar surface area (TPSA) is 19.0 Å². The maximum absolute atomic E-state index is 5.29. The first-order chi connectivity index (χ1) is 12.0. The molecule has 3 aliphatic rings. The van der Waals surface area contributed by atoms with Gasteiger partial charge in [-0.2, -0.15) is 0 Å².